The molecule has 1 amide bonds. The molecule has 0 radical (unpaired) electrons. The molecule has 2 heterocycles. The second kappa shape index (κ2) is 4.73. The summed E-state index contributed by atoms with van der Waals surface area (Å²) < 4.78 is 0. The van der Waals surface area contributed by atoms with Crippen LogP contribution in [0.3, 0.4) is 0 Å². The second-order valence-corrected chi connectivity index (χ2v) is 5.26. The molecule has 1 unspecified atom stereocenters. The van der Waals surface area contributed by atoms with Gasteiger partial charge in [-0.05, 0) is 37.8 Å². The summed E-state index contributed by atoms with van der Waals surface area (Å²) in [5.74, 6) is 0.305. The third kappa shape index (κ3) is 1.83. The molecule has 3 heteroatoms. The van der Waals surface area contributed by atoms with Gasteiger partial charge in [-0.3, -0.25) is 10.1 Å². The van der Waals surface area contributed by atoms with Gasteiger partial charge in [0.25, 0.3) is 0 Å². The molecule has 1 aromatic carbocycles. The summed E-state index contributed by atoms with van der Waals surface area (Å²) in [5, 5.41) is 3.65. The molecule has 1 atom stereocenters. The fraction of sp³-hybridized carbons (Fsp3) is 0.533. The molecule has 2 aliphatic heterocycles. The number of amides is 1. The van der Waals surface area contributed by atoms with Crippen molar-refractivity contribution in [1.82, 2.24) is 10.2 Å². The highest BCUT2D eigenvalue weighted by Crippen LogP contribution is 2.37. The number of hydrogen-bond acceptors (Lipinski definition) is 2. The van der Waals surface area contributed by atoms with E-state index < -0.39 is 0 Å². The number of carbonyl (C=O) groups excluding carboxylic acids is 1. The molecule has 3 nitrogen and oxygen atoms in total. The summed E-state index contributed by atoms with van der Waals surface area (Å²) in [6.45, 7) is 1.89. The van der Waals surface area contributed by atoms with Gasteiger partial charge < -0.3 is 4.90 Å². The van der Waals surface area contributed by atoms with Crippen molar-refractivity contribution in [2.75, 3.05) is 13.1 Å². The number of piperidine rings is 1. The lowest BCUT2D eigenvalue weighted by molar-refractivity contribution is -0.144. The topological polar surface area (TPSA) is 32.3 Å². The van der Waals surface area contributed by atoms with E-state index in [9.17, 15) is 4.79 Å². The monoisotopic (exact) mass is 244 g/mol. The SMILES string of the molecule is O=C1CCCC2(c3ccccc3)NCCCCN12. The molecule has 3 rings (SSSR count). The Kier molecular flexibility index (Phi) is 3.08. The lowest BCUT2D eigenvalue weighted by Gasteiger charge is -2.47. The van der Waals surface area contributed by atoms with Crippen LogP contribution in [0.4, 0.5) is 0 Å². The molecule has 0 aliphatic carbocycles. The van der Waals surface area contributed by atoms with E-state index in [0.29, 0.717) is 12.3 Å². The molecule has 96 valence electrons. The van der Waals surface area contributed by atoms with Gasteiger partial charge in [-0.1, -0.05) is 30.3 Å². The van der Waals surface area contributed by atoms with Crippen LogP contribution in [0.1, 0.15) is 37.7 Å². The van der Waals surface area contributed by atoms with E-state index >= 15 is 0 Å². The normalized spacial score (nSPS) is 28.7. The number of hydrogen-bond donors (Lipinski definition) is 1. The minimum absolute atomic E-state index is 0.243. The minimum Gasteiger partial charge on any atom is -0.320 e. The molecule has 2 fully saturated rings. The zero-order valence-corrected chi connectivity index (χ0v) is 10.7. The molecule has 2 aliphatic rings. The molecule has 0 saturated carbocycles. The maximum Gasteiger partial charge on any atom is 0.224 e. The lowest BCUT2D eigenvalue weighted by Crippen LogP contribution is -2.59. The van der Waals surface area contributed by atoms with Gasteiger partial charge in [0.1, 0.15) is 5.66 Å². The Hall–Kier alpha value is -1.35. The molecule has 2 saturated heterocycles. The van der Waals surface area contributed by atoms with Crippen molar-refractivity contribution in [3.8, 4) is 0 Å². The van der Waals surface area contributed by atoms with Crippen molar-refractivity contribution in [3.05, 3.63) is 35.9 Å². The van der Waals surface area contributed by atoms with Crippen LogP contribution in [-0.4, -0.2) is 23.9 Å². The number of carbonyl (C=O) groups is 1. The largest absolute Gasteiger partial charge is 0.320 e. The zero-order valence-electron chi connectivity index (χ0n) is 10.7. The molecule has 0 bridgehead atoms. The van der Waals surface area contributed by atoms with Gasteiger partial charge in [-0.15, -0.1) is 0 Å². The number of nitrogens with zero attached hydrogens (tertiary/aromatic N) is 1. The van der Waals surface area contributed by atoms with Crippen molar-refractivity contribution in [2.24, 2.45) is 0 Å². The average Bonchev–Trinajstić information content (AvgIpc) is 2.64. The van der Waals surface area contributed by atoms with Crippen LogP contribution in [0.5, 0.6) is 0 Å². The maximum absolute atomic E-state index is 12.2. The molecule has 1 aromatic rings. The molecule has 0 aromatic heterocycles. The average molecular weight is 244 g/mol. The first kappa shape index (κ1) is 11.7. The van der Waals surface area contributed by atoms with Crippen molar-refractivity contribution < 1.29 is 4.79 Å². The van der Waals surface area contributed by atoms with Gasteiger partial charge in [0, 0.05) is 13.0 Å². The Balaban J connectivity index is 2.04. The standard InChI is InChI=1S/C15H20N2O/c18-14-9-6-10-15(13-7-2-1-3-8-13)16-11-4-5-12-17(14)15/h1-3,7-8,16H,4-6,9-12H2. The van der Waals surface area contributed by atoms with E-state index in [-0.39, 0.29) is 5.66 Å². The maximum atomic E-state index is 12.2. The highest BCUT2D eigenvalue weighted by molar-refractivity contribution is 5.78. The first-order valence-corrected chi connectivity index (χ1v) is 6.94. The van der Waals surface area contributed by atoms with Crippen molar-refractivity contribution >= 4 is 5.91 Å². The van der Waals surface area contributed by atoms with Gasteiger partial charge in [0.05, 0.1) is 0 Å². The van der Waals surface area contributed by atoms with Gasteiger partial charge in [-0.25, -0.2) is 0 Å². The number of benzene rings is 1. The van der Waals surface area contributed by atoms with E-state index in [1.165, 1.54) is 5.56 Å². The number of fused-ring (bicyclic) bond motifs is 1. The molecule has 1 N–H and O–H groups in total. The van der Waals surface area contributed by atoms with E-state index in [1.807, 2.05) is 6.07 Å². The Morgan fingerprint density at radius 1 is 1.11 bits per heavy atom. The van der Waals surface area contributed by atoms with Crippen LogP contribution in [0.25, 0.3) is 0 Å². The van der Waals surface area contributed by atoms with Gasteiger partial charge in [-0.2, -0.15) is 0 Å². The van der Waals surface area contributed by atoms with Gasteiger partial charge in [0.15, 0.2) is 0 Å². The first-order chi connectivity index (χ1) is 8.83. The Morgan fingerprint density at radius 3 is 2.78 bits per heavy atom. The molecule has 18 heavy (non-hydrogen) atoms. The van der Waals surface area contributed by atoms with Crippen LogP contribution in [0.2, 0.25) is 0 Å². The number of rotatable bonds is 1. The molecule has 0 spiro atoms. The second-order valence-electron chi connectivity index (χ2n) is 5.26. The predicted molar refractivity (Wildman–Crippen MR) is 70.9 cm³/mol. The summed E-state index contributed by atoms with van der Waals surface area (Å²) in [6, 6.07) is 10.4. The Bertz CT molecular complexity index is 431. The van der Waals surface area contributed by atoms with E-state index in [1.54, 1.807) is 0 Å². The van der Waals surface area contributed by atoms with Crippen molar-refractivity contribution in [3.63, 3.8) is 0 Å². The highest BCUT2D eigenvalue weighted by atomic mass is 16.2. The Morgan fingerprint density at radius 2 is 1.94 bits per heavy atom. The van der Waals surface area contributed by atoms with Gasteiger partial charge in [0.2, 0.25) is 5.91 Å². The predicted octanol–water partition coefficient (Wildman–Crippen LogP) is 2.24. The number of nitrogens with one attached hydrogen (secondary N) is 1. The summed E-state index contributed by atoms with van der Waals surface area (Å²) in [4.78, 5) is 14.3. The van der Waals surface area contributed by atoms with Crippen molar-refractivity contribution in [2.45, 2.75) is 37.8 Å². The van der Waals surface area contributed by atoms with Crippen LogP contribution >= 0.6 is 0 Å². The van der Waals surface area contributed by atoms with Crippen LogP contribution in [0, 0.1) is 0 Å². The quantitative estimate of drug-likeness (QED) is 0.821. The fourth-order valence-corrected chi connectivity index (χ4v) is 3.28. The minimum atomic E-state index is -0.243. The summed E-state index contributed by atoms with van der Waals surface area (Å²) in [6.07, 6.45) is 4.97. The zero-order chi connectivity index (χ0) is 12.4. The highest BCUT2D eigenvalue weighted by Gasteiger charge is 2.43. The first-order valence-electron chi connectivity index (χ1n) is 6.94. The van der Waals surface area contributed by atoms with Crippen molar-refractivity contribution in [1.29, 1.82) is 0 Å². The third-order valence-electron chi connectivity index (χ3n) is 4.17. The van der Waals surface area contributed by atoms with E-state index in [0.717, 1.165) is 38.8 Å². The summed E-state index contributed by atoms with van der Waals surface area (Å²) >= 11 is 0. The lowest BCUT2D eigenvalue weighted by atomic mass is 9.87. The van der Waals surface area contributed by atoms with E-state index in [4.69, 9.17) is 0 Å². The smallest absolute Gasteiger partial charge is 0.224 e. The van der Waals surface area contributed by atoms with Crippen LogP contribution in [0.15, 0.2) is 30.3 Å². The van der Waals surface area contributed by atoms with Crippen LogP contribution in [-0.2, 0) is 10.5 Å². The summed E-state index contributed by atoms with van der Waals surface area (Å²) in [5.41, 5.74) is 0.993. The third-order valence-corrected chi connectivity index (χ3v) is 4.17. The van der Waals surface area contributed by atoms with E-state index in [2.05, 4.69) is 34.5 Å². The van der Waals surface area contributed by atoms with Crippen LogP contribution < -0.4 is 5.32 Å². The molecular weight excluding hydrogens is 224 g/mol. The fourth-order valence-electron chi connectivity index (χ4n) is 3.28. The van der Waals surface area contributed by atoms with Gasteiger partial charge >= 0.3 is 0 Å². The Labute approximate surface area is 108 Å². The molecular formula is C15H20N2O. The summed E-state index contributed by atoms with van der Waals surface area (Å²) in [7, 11) is 0.